The van der Waals surface area contributed by atoms with E-state index >= 15 is 0 Å². The van der Waals surface area contributed by atoms with Crippen LogP contribution in [-0.2, 0) is 0 Å². The van der Waals surface area contributed by atoms with Gasteiger partial charge in [-0.05, 0) is 7.05 Å². The molecular formula is C8H17N3O. The first-order valence-corrected chi connectivity index (χ1v) is 3.87. The van der Waals surface area contributed by atoms with E-state index in [-0.39, 0.29) is 0 Å². The Balaban J connectivity index is 3.49. The van der Waals surface area contributed by atoms with Crippen LogP contribution in [0.5, 0.6) is 0 Å². The molecule has 0 spiro atoms. The topological polar surface area (TPSA) is 47.9 Å². The molecule has 0 amide bonds. The van der Waals surface area contributed by atoms with Crippen LogP contribution in [-0.4, -0.2) is 43.7 Å². The molecule has 12 heavy (non-hydrogen) atoms. The van der Waals surface area contributed by atoms with E-state index in [9.17, 15) is 0 Å². The maximum absolute atomic E-state index is 9.04. The Labute approximate surface area is 73.6 Å². The molecule has 0 aliphatic rings. The average Bonchev–Trinajstić information content (AvgIpc) is 2.03. The van der Waals surface area contributed by atoms with Gasteiger partial charge in [-0.25, -0.2) is 4.99 Å². The van der Waals surface area contributed by atoms with Gasteiger partial charge in [0.2, 0.25) is 0 Å². The SMILES string of the molecule is CNC(O)C/C=C\N=C\N(C)C. The van der Waals surface area contributed by atoms with Crippen molar-refractivity contribution in [1.29, 1.82) is 0 Å². The number of hydrogen-bond donors (Lipinski definition) is 2. The van der Waals surface area contributed by atoms with Gasteiger partial charge in [-0.2, -0.15) is 0 Å². The number of aliphatic hydroxyl groups is 1. The maximum Gasteiger partial charge on any atom is 0.108 e. The summed E-state index contributed by atoms with van der Waals surface area (Å²) in [5.74, 6) is 0. The largest absolute Gasteiger partial charge is 0.378 e. The molecule has 0 aromatic rings. The summed E-state index contributed by atoms with van der Waals surface area (Å²) in [4.78, 5) is 5.80. The number of rotatable bonds is 5. The lowest BCUT2D eigenvalue weighted by molar-refractivity contribution is 0.150. The molecule has 4 heteroatoms. The smallest absolute Gasteiger partial charge is 0.108 e. The molecule has 0 rings (SSSR count). The second-order valence-electron chi connectivity index (χ2n) is 2.65. The van der Waals surface area contributed by atoms with Gasteiger partial charge in [-0.3, -0.25) is 5.32 Å². The molecule has 0 saturated heterocycles. The van der Waals surface area contributed by atoms with Crippen molar-refractivity contribution in [3.05, 3.63) is 12.3 Å². The van der Waals surface area contributed by atoms with E-state index in [1.165, 1.54) is 0 Å². The number of aliphatic hydroxyl groups excluding tert-OH is 1. The number of nitrogens with one attached hydrogen (secondary N) is 1. The molecular weight excluding hydrogens is 154 g/mol. The molecule has 0 heterocycles. The molecule has 0 fully saturated rings. The van der Waals surface area contributed by atoms with Gasteiger partial charge in [-0.15, -0.1) is 0 Å². The van der Waals surface area contributed by atoms with Crippen molar-refractivity contribution in [2.75, 3.05) is 21.1 Å². The Morgan fingerprint density at radius 2 is 2.25 bits per heavy atom. The van der Waals surface area contributed by atoms with Crippen LogP contribution < -0.4 is 5.32 Å². The zero-order valence-corrected chi connectivity index (χ0v) is 7.86. The van der Waals surface area contributed by atoms with Gasteiger partial charge >= 0.3 is 0 Å². The molecule has 2 N–H and O–H groups in total. The van der Waals surface area contributed by atoms with Gasteiger partial charge in [0, 0.05) is 26.7 Å². The average molecular weight is 171 g/mol. The standard InChI is InChI=1S/C8H17N3O/c1-9-8(12)5-4-6-10-7-11(2)3/h4,6-9,12H,5H2,1-3H3/b6-4-,10-7+. The molecule has 0 aromatic carbocycles. The van der Waals surface area contributed by atoms with Crippen LogP contribution in [0.1, 0.15) is 6.42 Å². The fourth-order valence-corrected chi connectivity index (χ4v) is 0.540. The van der Waals surface area contributed by atoms with E-state index in [4.69, 9.17) is 5.11 Å². The summed E-state index contributed by atoms with van der Waals surface area (Å²) >= 11 is 0. The summed E-state index contributed by atoms with van der Waals surface area (Å²) in [6, 6.07) is 0. The summed E-state index contributed by atoms with van der Waals surface area (Å²) < 4.78 is 0. The van der Waals surface area contributed by atoms with Crippen LogP contribution in [0.2, 0.25) is 0 Å². The van der Waals surface area contributed by atoms with Crippen LogP contribution >= 0.6 is 0 Å². The van der Waals surface area contributed by atoms with E-state index in [1.807, 2.05) is 19.0 Å². The van der Waals surface area contributed by atoms with Crippen LogP contribution in [0.4, 0.5) is 0 Å². The lowest BCUT2D eigenvalue weighted by Crippen LogP contribution is -2.23. The summed E-state index contributed by atoms with van der Waals surface area (Å²) in [6.45, 7) is 0. The molecule has 0 saturated carbocycles. The highest BCUT2D eigenvalue weighted by Crippen LogP contribution is 1.87. The Morgan fingerprint density at radius 3 is 2.75 bits per heavy atom. The molecule has 0 aliphatic carbocycles. The number of nitrogens with zero attached hydrogens (tertiary/aromatic N) is 2. The van der Waals surface area contributed by atoms with E-state index in [1.54, 1.807) is 25.7 Å². The zero-order chi connectivity index (χ0) is 9.40. The fraction of sp³-hybridized carbons (Fsp3) is 0.625. The lowest BCUT2D eigenvalue weighted by atomic mass is 10.4. The Morgan fingerprint density at radius 1 is 1.58 bits per heavy atom. The van der Waals surface area contributed by atoms with Gasteiger partial charge in [0.05, 0.1) is 6.34 Å². The molecule has 4 nitrogen and oxygen atoms in total. The third kappa shape index (κ3) is 7.24. The van der Waals surface area contributed by atoms with E-state index in [2.05, 4.69) is 10.3 Å². The second kappa shape index (κ2) is 6.82. The highest BCUT2D eigenvalue weighted by molar-refractivity contribution is 5.54. The van der Waals surface area contributed by atoms with Crippen molar-refractivity contribution in [2.24, 2.45) is 4.99 Å². The first kappa shape index (κ1) is 11.1. The third-order valence-electron chi connectivity index (χ3n) is 1.18. The van der Waals surface area contributed by atoms with Crippen LogP contribution in [0.15, 0.2) is 17.3 Å². The zero-order valence-electron chi connectivity index (χ0n) is 7.86. The van der Waals surface area contributed by atoms with E-state index in [0.29, 0.717) is 6.42 Å². The molecule has 1 atom stereocenters. The summed E-state index contributed by atoms with van der Waals surface area (Å²) in [7, 11) is 5.52. The minimum absolute atomic E-state index is 0.476. The predicted octanol–water partition coefficient (Wildman–Crippen LogP) is 0.0179. The van der Waals surface area contributed by atoms with Crippen molar-refractivity contribution in [1.82, 2.24) is 10.2 Å². The van der Waals surface area contributed by atoms with Crippen molar-refractivity contribution in [3.63, 3.8) is 0 Å². The summed E-state index contributed by atoms with van der Waals surface area (Å²) in [5, 5.41) is 11.7. The first-order valence-electron chi connectivity index (χ1n) is 3.87. The molecule has 70 valence electrons. The maximum atomic E-state index is 9.04. The molecule has 0 bridgehead atoms. The Kier molecular flexibility index (Phi) is 6.32. The van der Waals surface area contributed by atoms with Crippen LogP contribution in [0.3, 0.4) is 0 Å². The van der Waals surface area contributed by atoms with Crippen LogP contribution in [0.25, 0.3) is 0 Å². The fourth-order valence-electron chi connectivity index (χ4n) is 0.540. The Hall–Kier alpha value is -0.870. The minimum Gasteiger partial charge on any atom is -0.378 e. The van der Waals surface area contributed by atoms with Gasteiger partial charge in [0.1, 0.15) is 6.23 Å². The molecule has 0 aromatic heterocycles. The normalized spacial score (nSPS) is 14.3. The first-order chi connectivity index (χ1) is 5.66. The molecule has 0 aliphatic heterocycles. The van der Waals surface area contributed by atoms with Crippen molar-refractivity contribution >= 4 is 6.34 Å². The van der Waals surface area contributed by atoms with Gasteiger partial charge in [-0.1, -0.05) is 6.08 Å². The molecule has 1 unspecified atom stereocenters. The van der Waals surface area contributed by atoms with E-state index in [0.717, 1.165) is 0 Å². The predicted molar refractivity (Wildman–Crippen MR) is 51.0 cm³/mol. The number of hydrogen-bond acceptors (Lipinski definition) is 3. The molecule has 0 radical (unpaired) electrons. The van der Waals surface area contributed by atoms with Crippen molar-refractivity contribution in [2.45, 2.75) is 12.6 Å². The quantitative estimate of drug-likeness (QED) is 0.348. The monoisotopic (exact) mass is 171 g/mol. The Bertz CT molecular complexity index is 154. The van der Waals surface area contributed by atoms with Gasteiger partial charge < -0.3 is 10.0 Å². The number of aliphatic imine (C=N–C) groups is 1. The lowest BCUT2D eigenvalue weighted by Gasteiger charge is -2.03. The highest BCUT2D eigenvalue weighted by Gasteiger charge is 1.92. The summed E-state index contributed by atoms with van der Waals surface area (Å²) in [6.07, 6.45) is 5.27. The third-order valence-corrected chi connectivity index (χ3v) is 1.18. The van der Waals surface area contributed by atoms with Gasteiger partial charge in [0.15, 0.2) is 0 Å². The summed E-state index contributed by atoms with van der Waals surface area (Å²) in [5.41, 5.74) is 0. The van der Waals surface area contributed by atoms with Crippen molar-refractivity contribution < 1.29 is 5.11 Å². The van der Waals surface area contributed by atoms with Gasteiger partial charge in [0.25, 0.3) is 0 Å². The highest BCUT2D eigenvalue weighted by atomic mass is 16.3. The second-order valence-corrected chi connectivity index (χ2v) is 2.65. The van der Waals surface area contributed by atoms with E-state index < -0.39 is 6.23 Å². The minimum atomic E-state index is -0.476. The van der Waals surface area contributed by atoms with Crippen molar-refractivity contribution in [3.8, 4) is 0 Å². The van der Waals surface area contributed by atoms with Crippen LogP contribution in [0, 0.1) is 0 Å².